The van der Waals surface area contributed by atoms with Crippen molar-refractivity contribution in [3.05, 3.63) is 11.1 Å². The van der Waals surface area contributed by atoms with E-state index < -0.39 is 5.97 Å². The van der Waals surface area contributed by atoms with Gasteiger partial charge in [-0.15, -0.1) is 11.3 Å². The topological polar surface area (TPSA) is 79.3 Å². The van der Waals surface area contributed by atoms with Crippen LogP contribution in [0.15, 0.2) is 9.72 Å². The summed E-state index contributed by atoms with van der Waals surface area (Å²) in [6, 6.07) is 0. The fourth-order valence-electron chi connectivity index (χ4n) is 1.25. The summed E-state index contributed by atoms with van der Waals surface area (Å²) in [5.41, 5.74) is 0.270. The van der Waals surface area contributed by atoms with E-state index in [1.807, 2.05) is 27.7 Å². The molecule has 0 fully saturated rings. The monoisotopic (exact) mass is 302 g/mol. The number of carbonyl (C=O) groups is 2. The summed E-state index contributed by atoms with van der Waals surface area (Å²) in [5, 5.41) is 13.0. The fraction of sp³-hybridized carbons (Fsp3) is 0.583. The zero-order valence-corrected chi connectivity index (χ0v) is 13.0. The van der Waals surface area contributed by atoms with Crippen molar-refractivity contribution in [2.24, 2.45) is 0 Å². The lowest BCUT2D eigenvalue weighted by molar-refractivity contribution is -0.136. The molecule has 0 bridgehead atoms. The molecule has 0 aliphatic rings. The van der Waals surface area contributed by atoms with Gasteiger partial charge in [-0.1, -0.05) is 11.8 Å². The maximum absolute atomic E-state index is 11.9. The average molecular weight is 302 g/mol. The first-order chi connectivity index (χ1) is 8.67. The molecule has 0 spiro atoms. The molecule has 0 radical (unpaired) electrons. The van der Waals surface area contributed by atoms with Gasteiger partial charge >= 0.3 is 5.97 Å². The number of nitrogens with one attached hydrogen (secondary N) is 1. The molecule has 0 aromatic carbocycles. The molecule has 1 unspecified atom stereocenters. The summed E-state index contributed by atoms with van der Waals surface area (Å²) in [6.07, 6.45) is -0.0837. The lowest BCUT2D eigenvalue weighted by atomic mass is 10.1. The minimum atomic E-state index is -0.902. The van der Waals surface area contributed by atoms with Gasteiger partial charge in [0.15, 0.2) is 4.34 Å². The van der Waals surface area contributed by atoms with E-state index in [-0.39, 0.29) is 23.1 Å². The maximum atomic E-state index is 11.9. The van der Waals surface area contributed by atoms with Crippen LogP contribution in [0.2, 0.25) is 0 Å². The molecule has 1 aromatic heterocycles. The van der Waals surface area contributed by atoms with Gasteiger partial charge in [0, 0.05) is 10.9 Å². The number of hydrogen-bond donors (Lipinski definition) is 2. The number of rotatable bonds is 5. The zero-order valence-electron chi connectivity index (χ0n) is 11.4. The van der Waals surface area contributed by atoms with Crippen molar-refractivity contribution in [1.29, 1.82) is 0 Å². The van der Waals surface area contributed by atoms with Crippen LogP contribution >= 0.6 is 23.1 Å². The Morgan fingerprint density at radius 2 is 2.16 bits per heavy atom. The van der Waals surface area contributed by atoms with Crippen LogP contribution in [0, 0.1) is 0 Å². The first-order valence-electron chi connectivity index (χ1n) is 5.82. The normalized spacial score (nSPS) is 13.1. The molecular formula is C12H18N2O3S2. The van der Waals surface area contributed by atoms with E-state index in [0.29, 0.717) is 10.0 Å². The Kier molecular flexibility index (Phi) is 5.37. The van der Waals surface area contributed by atoms with Crippen LogP contribution in [-0.4, -0.2) is 32.8 Å². The number of hydrogen-bond acceptors (Lipinski definition) is 5. The Hall–Kier alpha value is -1.08. The van der Waals surface area contributed by atoms with Gasteiger partial charge in [-0.05, 0) is 27.7 Å². The summed E-state index contributed by atoms with van der Waals surface area (Å²) >= 11 is 2.71. The highest BCUT2D eigenvalue weighted by Crippen LogP contribution is 2.27. The summed E-state index contributed by atoms with van der Waals surface area (Å²) in [5.74, 6) is -0.951. The summed E-state index contributed by atoms with van der Waals surface area (Å²) < 4.78 is 0.716. The SMILES string of the molecule is CC(Sc1nc(CC(=O)O)cs1)C(=O)NC(C)(C)C. The van der Waals surface area contributed by atoms with Crippen molar-refractivity contribution in [3.63, 3.8) is 0 Å². The first kappa shape index (κ1) is 16.0. The van der Waals surface area contributed by atoms with Crippen LogP contribution in [0.1, 0.15) is 33.4 Å². The lowest BCUT2D eigenvalue weighted by Gasteiger charge is -2.22. The Morgan fingerprint density at radius 1 is 1.53 bits per heavy atom. The smallest absolute Gasteiger partial charge is 0.309 e. The molecule has 106 valence electrons. The highest BCUT2D eigenvalue weighted by molar-refractivity contribution is 8.02. The molecule has 5 nitrogen and oxygen atoms in total. The third-order valence-electron chi connectivity index (χ3n) is 2.01. The third-order valence-corrected chi connectivity index (χ3v) is 4.13. The van der Waals surface area contributed by atoms with Crippen molar-refractivity contribution < 1.29 is 14.7 Å². The number of carboxylic acids is 1. The summed E-state index contributed by atoms with van der Waals surface area (Å²) in [6.45, 7) is 7.59. The highest BCUT2D eigenvalue weighted by atomic mass is 32.2. The predicted molar refractivity (Wildman–Crippen MR) is 76.7 cm³/mol. The van der Waals surface area contributed by atoms with Crippen LogP contribution in [0.5, 0.6) is 0 Å². The lowest BCUT2D eigenvalue weighted by Crippen LogP contribution is -2.44. The van der Waals surface area contributed by atoms with E-state index in [9.17, 15) is 9.59 Å². The van der Waals surface area contributed by atoms with Crippen molar-refractivity contribution >= 4 is 35.0 Å². The molecule has 0 aliphatic carbocycles. The molecule has 1 amide bonds. The number of carboxylic acid groups (broad SMARTS) is 1. The number of aliphatic carboxylic acids is 1. The predicted octanol–water partition coefficient (Wildman–Crippen LogP) is 2.17. The van der Waals surface area contributed by atoms with Crippen LogP contribution in [0.25, 0.3) is 0 Å². The molecule has 19 heavy (non-hydrogen) atoms. The average Bonchev–Trinajstić information content (AvgIpc) is 2.61. The molecule has 0 aliphatic heterocycles. The molecule has 1 atom stereocenters. The molecule has 2 N–H and O–H groups in total. The van der Waals surface area contributed by atoms with Crippen molar-refractivity contribution in [1.82, 2.24) is 10.3 Å². The Bertz CT molecular complexity index is 466. The summed E-state index contributed by atoms with van der Waals surface area (Å²) in [7, 11) is 0. The molecule has 1 heterocycles. The molecule has 0 saturated heterocycles. The second-order valence-corrected chi connectivity index (χ2v) is 7.62. The van der Waals surface area contributed by atoms with Crippen LogP contribution in [0.4, 0.5) is 0 Å². The van der Waals surface area contributed by atoms with Gasteiger partial charge in [0.2, 0.25) is 5.91 Å². The minimum Gasteiger partial charge on any atom is -0.481 e. The Balaban J connectivity index is 2.57. The van der Waals surface area contributed by atoms with Gasteiger partial charge in [0.05, 0.1) is 17.4 Å². The Labute approximate surface area is 120 Å². The quantitative estimate of drug-likeness (QED) is 0.815. The van der Waals surface area contributed by atoms with E-state index in [1.165, 1.54) is 23.1 Å². The second kappa shape index (κ2) is 6.38. The Morgan fingerprint density at radius 3 is 2.68 bits per heavy atom. The molecule has 7 heteroatoms. The van der Waals surface area contributed by atoms with Gasteiger partial charge in [-0.2, -0.15) is 0 Å². The van der Waals surface area contributed by atoms with Gasteiger partial charge in [-0.25, -0.2) is 4.98 Å². The number of thiazole rings is 1. The minimum absolute atomic E-state index is 0.0486. The molecule has 0 saturated carbocycles. The van der Waals surface area contributed by atoms with Crippen LogP contribution in [-0.2, 0) is 16.0 Å². The molecule has 1 aromatic rings. The standard InChI is InChI=1S/C12H18N2O3S2/c1-7(10(17)14-12(2,3)4)19-11-13-8(6-18-11)5-9(15)16/h6-7H,5H2,1-4H3,(H,14,17)(H,15,16). The van der Waals surface area contributed by atoms with Gasteiger partial charge in [0.1, 0.15) is 0 Å². The highest BCUT2D eigenvalue weighted by Gasteiger charge is 2.21. The maximum Gasteiger partial charge on any atom is 0.309 e. The zero-order chi connectivity index (χ0) is 14.6. The van der Waals surface area contributed by atoms with Crippen LogP contribution in [0.3, 0.4) is 0 Å². The molecular weight excluding hydrogens is 284 g/mol. The number of aromatic nitrogens is 1. The van der Waals surface area contributed by atoms with Gasteiger partial charge in [-0.3, -0.25) is 9.59 Å². The van der Waals surface area contributed by atoms with E-state index >= 15 is 0 Å². The van der Waals surface area contributed by atoms with Gasteiger partial charge < -0.3 is 10.4 Å². The van der Waals surface area contributed by atoms with E-state index in [4.69, 9.17) is 5.11 Å². The first-order valence-corrected chi connectivity index (χ1v) is 7.58. The van der Waals surface area contributed by atoms with E-state index in [0.717, 1.165) is 0 Å². The number of thioether (sulfide) groups is 1. The van der Waals surface area contributed by atoms with E-state index in [2.05, 4.69) is 10.3 Å². The van der Waals surface area contributed by atoms with E-state index in [1.54, 1.807) is 5.38 Å². The second-order valence-electron chi connectivity index (χ2n) is 5.17. The molecule has 1 rings (SSSR count). The largest absolute Gasteiger partial charge is 0.481 e. The van der Waals surface area contributed by atoms with Crippen molar-refractivity contribution in [2.45, 2.75) is 49.2 Å². The number of carbonyl (C=O) groups excluding carboxylic acids is 1. The number of nitrogens with zero attached hydrogens (tertiary/aromatic N) is 1. The van der Waals surface area contributed by atoms with Crippen molar-refractivity contribution in [3.8, 4) is 0 Å². The summed E-state index contributed by atoms with van der Waals surface area (Å²) in [4.78, 5) is 26.6. The van der Waals surface area contributed by atoms with Crippen molar-refractivity contribution in [2.75, 3.05) is 0 Å². The van der Waals surface area contributed by atoms with Gasteiger partial charge in [0.25, 0.3) is 0 Å². The fourth-order valence-corrected chi connectivity index (χ4v) is 3.24. The van der Waals surface area contributed by atoms with Crippen LogP contribution < -0.4 is 5.32 Å². The number of amides is 1. The third kappa shape index (κ3) is 6.07.